The number of ether oxygens (including phenoxy) is 2. The maximum absolute atomic E-state index is 5.86. The van der Waals surface area contributed by atoms with E-state index in [1.54, 1.807) is 7.05 Å². The highest BCUT2D eigenvalue weighted by Crippen LogP contribution is 2.10. The number of halogens is 1. The number of nitrogens with zero attached hydrogens (tertiary/aromatic N) is 1. The first-order valence-electron chi connectivity index (χ1n) is 8.47. The zero-order chi connectivity index (χ0) is 16.3. The third-order valence-electron chi connectivity index (χ3n) is 3.94. The van der Waals surface area contributed by atoms with Crippen LogP contribution in [0.1, 0.15) is 30.4 Å². The minimum atomic E-state index is 0. The van der Waals surface area contributed by atoms with Gasteiger partial charge in [0.1, 0.15) is 0 Å². The Morgan fingerprint density at radius 3 is 2.58 bits per heavy atom. The quantitative estimate of drug-likeness (QED) is 0.292. The van der Waals surface area contributed by atoms with Crippen LogP contribution in [0, 0.1) is 6.92 Å². The summed E-state index contributed by atoms with van der Waals surface area (Å²) in [7, 11) is 1.79. The molecular weight excluding hydrogens is 417 g/mol. The van der Waals surface area contributed by atoms with E-state index >= 15 is 0 Å². The lowest BCUT2D eigenvalue weighted by molar-refractivity contribution is -0.0320. The van der Waals surface area contributed by atoms with Gasteiger partial charge in [-0.15, -0.1) is 24.0 Å². The van der Waals surface area contributed by atoms with Crippen molar-refractivity contribution in [3.8, 4) is 0 Å². The van der Waals surface area contributed by atoms with Crippen LogP contribution in [0.4, 0.5) is 0 Å². The molecule has 5 nitrogen and oxygen atoms in total. The molecule has 0 unspecified atom stereocenters. The van der Waals surface area contributed by atoms with E-state index in [9.17, 15) is 0 Å². The van der Waals surface area contributed by atoms with Crippen LogP contribution in [0.3, 0.4) is 0 Å². The Kier molecular flexibility index (Phi) is 11.0. The number of guanidine groups is 1. The summed E-state index contributed by atoms with van der Waals surface area (Å²) in [5.41, 5.74) is 2.53. The van der Waals surface area contributed by atoms with Gasteiger partial charge >= 0.3 is 0 Å². The summed E-state index contributed by atoms with van der Waals surface area (Å²) in [6.07, 6.45) is 3.39. The topological polar surface area (TPSA) is 54.9 Å². The first-order valence-corrected chi connectivity index (χ1v) is 8.47. The molecule has 0 aliphatic carbocycles. The number of benzene rings is 1. The van der Waals surface area contributed by atoms with Gasteiger partial charge in [-0.3, -0.25) is 4.99 Å². The van der Waals surface area contributed by atoms with E-state index in [1.165, 1.54) is 11.1 Å². The largest absolute Gasteiger partial charge is 0.381 e. The zero-order valence-electron chi connectivity index (χ0n) is 14.7. The van der Waals surface area contributed by atoms with Crippen LogP contribution in [-0.4, -0.2) is 45.5 Å². The lowest BCUT2D eigenvalue weighted by Gasteiger charge is -2.22. The van der Waals surface area contributed by atoms with Gasteiger partial charge in [-0.05, 0) is 31.7 Å². The molecule has 1 heterocycles. The fourth-order valence-corrected chi connectivity index (χ4v) is 2.48. The maximum atomic E-state index is 5.86. The average Bonchev–Trinajstić information content (AvgIpc) is 2.59. The molecule has 0 saturated carbocycles. The molecule has 2 N–H and O–H groups in total. The third kappa shape index (κ3) is 8.30. The minimum absolute atomic E-state index is 0. The van der Waals surface area contributed by atoms with Gasteiger partial charge in [-0.2, -0.15) is 0 Å². The number of rotatable bonds is 7. The van der Waals surface area contributed by atoms with Gasteiger partial charge < -0.3 is 20.1 Å². The SMILES string of the molecule is CN=C(NCCCOC1CCOCC1)NCc1ccc(C)cc1.I. The second kappa shape index (κ2) is 12.5. The van der Waals surface area contributed by atoms with E-state index in [2.05, 4.69) is 46.8 Å². The highest BCUT2D eigenvalue weighted by molar-refractivity contribution is 14.0. The van der Waals surface area contributed by atoms with Gasteiger partial charge in [0.15, 0.2) is 5.96 Å². The molecule has 0 bridgehead atoms. The Labute approximate surface area is 162 Å². The molecule has 0 atom stereocenters. The van der Waals surface area contributed by atoms with Crippen molar-refractivity contribution in [2.75, 3.05) is 33.4 Å². The van der Waals surface area contributed by atoms with Crippen molar-refractivity contribution in [1.29, 1.82) is 0 Å². The summed E-state index contributed by atoms with van der Waals surface area (Å²) in [4.78, 5) is 4.25. The molecule has 24 heavy (non-hydrogen) atoms. The third-order valence-corrected chi connectivity index (χ3v) is 3.94. The second-order valence-corrected chi connectivity index (χ2v) is 5.87. The molecule has 1 saturated heterocycles. The second-order valence-electron chi connectivity index (χ2n) is 5.87. The Bertz CT molecular complexity index is 474. The van der Waals surface area contributed by atoms with Crippen LogP contribution < -0.4 is 10.6 Å². The summed E-state index contributed by atoms with van der Waals surface area (Å²) >= 11 is 0. The lowest BCUT2D eigenvalue weighted by Crippen LogP contribution is -2.37. The van der Waals surface area contributed by atoms with Crippen LogP contribution >= 0.6 is 24.0 Å². The van der Waals surface area contributed by atoms with E-state index in [0.717, 1.165) is 58.1 Å². The van der Waals surface area contributed by atoms with Crippen LogP contribution in [0.2, 0.25) is 0 Å². The van der Waals surface area contributed by atoms with Crippen LogP contribution in [0.5, 0.6) is 0 Å². The monoisotopic (exact) mass is 447 g/mol. The number of aryl methyl sites for hydroxylation is 1. The van der Waals surface area contributed by atoms with E-state index in [0.29, 0.717) is 6.10 Å². The molecule has 136 valence electrons. The molecule has 1 aromatic rings. The number of aliphatic imine (C=N–C) groups is 1. The average molecular weight is 447 g/mol. The Morgan fingerprint density at radius 1 is 1.21 bits per heavy atom. The van der Waals surface area contributed by atoms with Crippen molar-refractivity contribution in [2.45, 2.75) is 38.8 Å². The standard InChI is InChI=1S/C18H29N3O2.HI/c1-15-4-6-16(7-5-15)14-21-18(19-2)20-10-3-11-23-17-8-12-22-13-9-17;/h4-7,17H,3,8-14H2,1-2H3,(H2,19,20,21);1H. The van der Waals surface area contributed by atoms with Gasteiger partial charge in [-0.25, -0.2) is 0 Å². The highest BCUT2D eigenvalue weighted by Gasteiger charge is 2.13. The van der Waals surface area contributed by atoms with Crippen molar-refractivity contribution in [3.63, 3.8) is 0 Å². The fourth-order valence-electron chi connectivity index (χ4n) is 2.48. The summed E-state index contributed by atoms with van der Waals surface area (Å²) < 4.78 is 11.2. The number of hydrogen-bond donors (Lipinski definition) is 2. The molecule has 0 spiro atoms. The minimum Gasteiger partial charge on any atom is -0.381 e. The Balaban J connectivity index is 0.00000288. The Hall–Kier alpha value is -0.860. The zero-order valence-corrected chi connectivity index (χ0v) is 17.0. The molecule has 1 fully saturated rings. The number of hydrogen-bond acceptors (Lipinski definition) is 3. The first kappa shape index (κ1) is 21.2. The molecule has 2 rings (SSSR count). The van der Waals surface area contributed by atoms with Crippen LogP contribution in [-0.2, 0) is 16.0 Å². The molecule has 1 aliphatic heterocycles. The van der Waals surface area contributed by atoms with Crippen molar-refractivity contribution in [3.05, 3.63) is 35.4 Å². The van der Waals surface area contributed by atoms with Gasteiger partial charge in [0, 0.05) is 40.0 Å². The number of nitrogens with one attached hydrogen (secondary N) is 2. The van der Waals surface area contributed by atoms with E-state index in [-0.39, 0.29) is 24.0 Å². The highest BCUT2D eigenvalue weighted by atomic mass is 127. The molecule has 1 aliphatic rings. The van der Waals surface area contributed by atoms with Gasteiger partial charge in [-0.1, -0.05) is 29.8 Å². The molecular formula is C18H30IN3O2. The van der Waals surface area contributed by atoms with E-state index in [1.807, 2.05) is 0 Å². The summed E-state index contributed by atoms with van der Waals surface area (Å²) in [5.74, 6) is 0.830. The summed E-state index contributed by atoms with van der Waals surface area (Å²) in [6, 6.07) is 8.52. The van der Waals surface area contributed by atoms with Crippen LogP contribution in [0.25, 0.3) is 0 Å². The van der Waals surface area contributed by atoms with Gasteiger partial charge in [0.05, 0.1) is 6.10 Å². The molecule has 0 radical (unpaired) electrons. The van der Waals surface area contributed by atoms with Crippen molar-refractivity contribution in [1.82, 2.24) is 10.6 Å². The predicted octanol–water partition coefficient (Wildman–Crippen LogP) is 2.86. The lowest BCUT2D eigenvalue weighted by atomic mass is 10.1. The normalized spacial score (nSPS) is 15.7. The van der Waals surface area contributed by atoms with Crippen molar-refractivity contribution >= 4 is 29.9 Å². The molecule has 1 aromatic carbocycles. The summed E-state index contributed by atoms with van der Waals surface area (Å²) in [5, 5.41) is 6.65. The maximum Gasteiger partial charge on any atom is 0.191 e. The Morgan fingerprint density at radius 2 is 1.92 bits per heavy atom. The fraction of sp³-hybridized carbons (Fsp3) is 0.611. The van der Waals surface area contributed by atoms with E-state index in [4.69, 9.17) is 9.47 Å². The molecule has 0 amide bonds. The molecule has 0 aromatic heterocycles. The van der Waals surface area contributed by atoms with Crippen molar-refractivity contribution < 1.29 is 9.47 Å². The smallest absolute Gasteiger partial charge is 0.191 e. The van der Waals surface area contributed by atoms with Crippen molar-refractivity contribution in [2.24, 2.45) is 4.99 Å². The van der Waals surface area contributed by atoms with Gasteiger partial charge in [0.25, 0.3) is 0 Å². The first-order chi connectivity index (χ1) is 11.3. The predicted molar refractivity (Wildman–Crippen MR) is 109 cm³/mol. The van der Waals surface area contributed by atoms with Crippen LogP contribution in [0.15, 0.2) is 29.3 Å². The van der Waals surface area contributed by atoms with Gasteiger partial charge in [0.2, 0.25) is 0 Å². The summed E-state index contributed by atoms with van der Waals surface area (Å²) in [6.45, 7) is 6.18. The molecule has 6 heteroatoms. The van der Waals surface area contributed by atoms with E-state index < -0.39 is 0 Å².